The van der Waals surface area contributed by atoms with Crippen molar-refractivity contribution in [3.63, 3.8) is 0 Å². The predicted molar refractivity (Wildman–Crippen MR) is 171 cm³/mol. The maximum Gasteiger partial charge on any atom is 0.295 e. The summed E-state index contributed by atoms with van der Waals surface area (Å²) < 4.78 is 14.6. The van der Waals surface area contributed by atoms with Crippen molar-refractivity contribution in [2.75, 3.05) is 37.0 Å². The number of piperidine rings is 1. The van der Waals surface area contributed by atoms with Crippen LogP contribution in [0, 0.1) is 6.92 Å². The molecule has 1 aliphatic heterocycles. The Hall–Kier alpha value is -3.92. The molecule has 3 aromatic carbocycles. The van der Waals surface area contributed by atoms with Gasteiger partial charge in [0.05, 0.1) is 28.5 Å². The van der Waals surface area contributed by atoms with Gasteiger partial charge in [-0.2, -0.15) is 0 Å². The number of nitrogens with zero attached hydrogens (tertiary/aromatic N) is 3. The van der Waals surface area contributed by atoms with Crippen molar-refractivity contribution in [1.29, 1.82) is 0 Å². The Morgan fingerprint density at radius 3 is 2.53 bits per heavy atom. The van der Waals surface area contributed by atoms with Crippen molar-refractivity contribution < 1.29 is 14.3 Å². The van der Waals surface area contributed by atoms with Crippen LogP contribution in [0.25, 0.3) is 5.69 Å². The van der Waals surface area contributed by atoms with Crippen LogP contribution in [-0.4, -0.2) is 48.1 Å². The molecule has 0 bridgehead atoms. The van der Waals surface area contributed by atoms with Gasteiger partial charge in [0.25, 0.3) is 11.5 Å². The summed E-state index contributed by atoms with van der Waals surface area (Å²) in [5.41, 5.74) is 3.34. The van der Waals surface area contributed by atoms with E-state index in [0.717, 1.165) is 37.2 Å². The number of rotatable bonds is 10. The van der Waals surface area contributed by atoms with Crippen LogP contribution in [0.3, 0.4) is 0 Å². The monoisotopic (exact) mass is 623 g/mol. The first-order valence-corrected chi connectivity index (χ1v) is 14.9. The first-order chi connectivity index (χ1) is 20.7. The molecule has 4 aromatic rings. The van der Waals surface area contributed by atoms with E-state index in [1.165, 1.54) is 4.68 Å². The van der Waals surface area contributed by atoms with E-state index in [-0.39, 0.29) is 17.9 Å². The fourth-order valence-electron chi connectivity index (χ4n) is 5.29. The van der Waals surface area contributed by atoms with Crippen LogP contribution in [0.2, 0.25) is 10.0 Å². The van der Waals surface area contributed by atoms with Crippen molar-refractivity contribution in [3.05, 3.63) is 98.4 Å². The molecular weight excluding hydrogens is 589 g/mol. The highest BCUT2D eigenvalue weighted by molar-refractivity contribution is 6.42. The Bertz CT molecular complexity index is 1650. The van der Waals surface area contributed by atoms with Crippen LogP contribution >= 0.6 is 23.2 Å². The number of nitrogens with one attached hydrogen (secondary N) is 2. The molecule has 0 saturated carbocycles. The summed E-state index contributed by atoms with van der Waals surface area (Å²) in [5, 5.41) is 7.48. The summed E-state index contributed by atoms with van der Waals surface area (Å²) in [5.74, 6) is 0.523. The number of methoxy groups -OCH3 is 1. The van der Waals surface area contributed by atoms with Gasteiger partial charge in [0.15, 0.2) is 18.1 Å². The number of amides is 1. The third-order valence-electron chi connectivity index (χ3n) is 7.69. The summed E-state index contributed by atoms with van der Waals surface area (Å²) in [6.45, 7) is 3.99. The predicted octanol–water partition coefficient (Wildman–Crippen LogP) is 5.58. The second kappa shape index (κ2) is 13.6. The number of carbonyl (C=O) groups excluding carboxylic acids is 1. The number of hydrogen-bond acceptors (Lipinski definition) is 6. The van der Waals surface area contributed by atoms with Gasteiger partial charge in [-0.25, -0.2) is 4.68 Å². The molecule has 0 spiro atoms. The van der Waals surface area contributed by atoms with Gasteiger partial charge in [-0.3, -0.25) is 14.3 Å². The Kier molecular flexibility index (Phi) is 9.65. The number of hydrogen-bond donors (Lipinski definition) is 2. The Labute approximate surface area is 260 Å². The van der Waals surface area contributed by atoms with Crippen molar-refractivity contribution in [2.45, 2.75) is 32.4 Å². The fraction of sp³-hybridized carbons (Fsp3) is 0.312. The average molecular weight is 625 g/mol. The van der Waals surface area contributed by atoms with Gasteiger partial charge in [0.1, 0.15) is 5.69 Å². The number of ether oxygens (including phenoxy) is 2. The zero-order chi connectivity index (χ0) is 30.5. The van der Waals surface area contributed by atoms with E-state index < -0.39 is 5.91 Å². The quantitative estimate of drug-likeness (QED) is 0.240. The number of anilines is 2. The second-order valence-electron chi connectivity index (χ2n) is 10.5. The van der Waals surface area contributed by atoms with Gasteiger partial charge in [-0.05, 0) is 67.8 Å². The first kappa shape index (κ1) is 30.5. The molecule has 43 heavy (non-hydrogen) atoms. The van der Waals surface area contributed by atoms with E-state index in [9.17, 15) is 9.59 Å². The maximum atomic E-state index is 13.1. The molecule has 1 saturated heterocycles. The number of carbonyl (C=O) groups is 1. The highest BCUT2D eigenvalue weighted by Crippen LogP contribution is 2.30. The molecule has 2 N–H and O–H groups in total. The lowest BCUT2D eigenvalue weighted by molar-refractivity contribution is -0.118. The normalized spacial score (nSPS) is 14.9. The molecule has 11 heteroatoms. The molecule has 9 nitrogen and oxygen atoms in total. The minimum absolute atomic E-state index is 0.216. The fourth-order valence-corrected chi connectivity index (χ4v) is 5.59. The third-order valence-corrected chi connectivity index (χ3v) is 8.43. The molecule has 2 heterocycles. The molecule has 1 aromatic heterocycles. The molecular formula is C32H35Cl2N5O4. The van der Waals surface area contributed by atoms with Gasteiger partial charge in [0.2, 0.25) is 0 Å². The van der Waals surface area contributed by atoms with Crippen LogP contribution in [0.4, 0.5) is 11.4 Å². The molecule has 1 aliphatic rings. The molecule has 226 valence electrons. The van der Waals surface area contributed by atoms with E-state index >= 15 is 0 Å². The highest BCUT2D eigenvalue weighted by atomic mass is 35.5. The summed E-state index contributed by atoms with van der Waals surface area (Å²) in [7, 11) is 3.34. The minimum Gasteiger partial charge on any atom is -0.493 e. The van der Waals surface area contributed by atoms with Gasteiger partial charge >= 0.3 is 0 Å². The lowest BCUT2D eigenvalue weighted by atomic mass is 10.0. The summed E-state index contributed by atoms with van der Waals surface area (Å²) in [6, 6.07) is 21.0. The molecule has 1 fully saturated rings. The second-order valence-corrected chi connectivity index (χ2v) is 11.3. The van der Waals surface area contributed by atoms with Crippen LogP contribution in [-0.2, 0) is 18.4 Å². The van der Waals surface area contributed by atoms with Crippen LogP contribution in [0.5, 0.6) is 11.5 Å². The zero-order valence-electron chi connectivity index (χ0n) is 24.4. The van der Waals surface area contributed by atoms with Crippen molar-refractivity contribution in [2.24, 2.45) is 7.05 Å². The molecule has 5 rings (SSSR count). The molecule has 1 amide bonds. The number of benzene rings is 3. The highest BCUT2D eigenvalue weighted by Gasteiger charge is 2.21. The largest absolute Gasteiger partial charge is 0.493 e. The Morgan fingerprint density at radius 1 is 1.00 bits per heavy atom. The number of para-hydroxylation sites is 1. The van der Waals surface area contributed by atoms with Crippen molar-refractivity contribution in [1.82, 2.24) is 14.7 Å². The molecule has 0 aliphatic carbocycles. The first-order valence-electron chi connectivity index (χ1n) is 14.1. The lowest BCUT2D eigenvalue weighted by Gasteiger charge is -2.35. The van der Waals surface area contributed by atoms with E-state index in [4.69, 9.17) is 32.7 Å². The molecule has 1 unspecified atom stereocenters. The van der Waals surface area contributed by atoms with E-state index in [1.54, 1.807) is 31.8 Å². The van der Waals surface area contributed by atoms with Crippen LogP contribution < -0.4 is 30.6 Å². The maximum absolute atomic E-state index is 13.1. The van der Waals surface area contributed by atoms with Crippen molar-refractivity contribution in [3.8, 4) is 17.2 Å². The van der Waals surface area contributed by atoms with E-state index in [0.29, 0.717) is 45.5 Å². The van der Waals surface area contributed by atoms with E-state index in [1.807, 2.05) is 60.7 Å². The van der Waals surface area contributed by atoms with Gasteiger partial charge in [0, 0.05) is 38.4 Å². The summed E-state index contributed by atoms with van der Waals surface area (Å²) in [4.78, 5) is 28.2. The Balaban J connectivity index is 1.17. The zero-order valence-corrected chi connectivity index (χ0v) is 25.9. The van der Waals surface area contributed by atoms with Crippen molar-refractivity contribution >= 4 is 40.5 Å². The Morgan fingerprint density at radius 2 is 1.79 bits per heavy atom. The lowest BCUT2D eigenvalue weighted by Crippen LogP contribution is -2.45. The van der Waals surface area contributed by atoms with Crippen LogP contribution in [0.15, 0.2) is 71.5 Å². The average Bonchev–Trinajstić information content (AvgIpc) is 3.23. The molecule has 1 atom stereocenters. The third kappa shape index (κ3) is 7.01. The number of aromatic nitrogens is 2. The van der Waals surface area contributed by atoms with Crippen LogP contribution in [0.1, 0.15) is 24.1 Å². The van der Waals surface area contributed by atoms with Gasteiger partial charge in [-0.15, -0.1) is 0 Å². The summed E-state index contributed by atoms with van der Waals surface area (Å²) >= 11 is 12.3. The molecule has 0 radical (unpaired) electrons. The standard InChI is InChI=1S/C32H35Cl2N5O4/c1-21-31(32(41)39(37(21)2)24-9-5-4-6-10-24)36-30(40)20-43-28-14-11-22(16-29(28)42-3)18-35-23-8-7-15-38(19-23)25-12-13-26(33)27(34)17-25/h4-6,9-14,16-17,23,35H,7-8,15,18-20H2,1-3H3,(H,36,40). The number of halogens is 2. The topological polar surface area (TPSA) is 89.8 Å². The smallest absolute Gasteiger partial charge is 0.295 e. The SMILES string of the molecule is COc1cc(CNC2CCCN(c3ccc(Cl)c(Cl)c3)C2)ccc1OCC(=O)Nc1c(C)n(C)n(-c2ccccc2)c1=O. The van der Waals surface area contributed by atoms with E-state index in [2.05, 4.69) is 15.5 Å². The summed E-state index contributed by atoms with van der Waals surface area (Å²) in [6.07, 6.45) is 2.14. The van der Waals surface area contributed by atoms with Gasteiger partial charge < -0.3 is 25.0 Å². The van der Waals surface area contributed by atoms with Gasteiger partial charge in [-0.1, -0.05) is 47.5 Å². The minimum atomic E-state index is -0.442.